The Balaban J connectivity index is 1.43. The molecule has 1 N–H and O–H groups in total. The van der Waals surface area contributed by atoms with Gasteiger partial charge in [-0.1, -0.05) is 12.1 Å². The number of urea groups is 1. The third kappa shape index (κ3) is 2.90. The number of alkyl halides is 3. The van der Waals surface area contributed by atoms with Gasteiger partial charge in [-0.3, -0.25) is 4.79 Å². The normalized spacial score (nSPS) is 21.0. The minimum absolute atomic E-state index is 0.0589. The zero-order chi connectivity index (χ0) is 22.9. The van der Waals surface area contributed by atoms with Gasteiger partial charge in [0, 0.05) is 24.8 Å². The summed E-state index contributed by atoms with van der Waals surface area (Å²) >= 11 is 0. The van der Waals surface area contributed by atoms with E-state index in [0.717, 1.165) is 34.8 Å². The van der Waals surface area contributed by atoms with Crippen LogP contribution in [0.25, 0.3) is 0 Å². The van der Waals surface area contributed by atoms with Gasteiger partial charge >= 0.3 is 12.2 Å². The van der Waals surface area contributed by atoms with Gasteiger partial charge in [-0.15, -0.1) is 0 Å². The van der Waals surface area contributed by atoms with Crippen LogP contribution in [-0.4, -0.2) is 40.1 Å². The predicted molar refractivity (Wildman–Crippen MR) is 112 cm³/mol. The number of pyridine rings is 1. The fourth-order valence-corrected chi connectivity index (χ4v) is 4.71. The molecule has 2 fully saturated rings. The van der Waals surface area contributed by atoms with E-state index in [1.54, 1.807) is 20.0 Å². The number of nitrogens with zero attached hydrogens (tertiary/aromatic N) is 3. The highest BCUT2D eigenvalue weighted by Crippen LogP contribution is 2.59. The molecule has 9 heteroatoms. The van der Waals surface area contributed by atoms with Gasteiger partial charge in [-0.25, -0.2) is 14.7 Å². The van der Waals surface area contributed by atoms with Crippen LogP contribution in [-0.2, 0) is 23.2 Å². The van der Waals surface area contributed by atoms with Gasteiger partial charge in [-0.05, 0) is 62.4 Å². The van der Waals surface area contributed by atoms with E-state index in [2.05, 4.69) is 10.3 Å². The molecule has 2 aromatic rings. The molecular formula is C23H23F3N4O2. The lowest BCUT2D eigenvalue weighted by atomic mass is 9.95. The number of carbonyl (C=O) groups excluding carboxylic acids is 2. The predicted octanol–water partition coefficient (Wildman–Crippen LogP) is 4.39. The van der Waals surface area contributed by atoms with Crippen LogP contribution in [0.15, 0.2) is 36.5 Å². The van der Waals surface area contributed by atoms with Gasteiger partial charge in [0.25, 0.3) is 5.91 Å². The molecule has 0 spiro atoms. The first-order valence-electron chi connectivity index (χ1n) is 10.6. The van der Waals surface area contributed by atoms with Crippen molar-refractivity contribution in [3.8, 4) is 0 Å². The fourth-order valence-electron chi connectivity index (χ4n) is 4.71. The van der Waals surface area contributed by atoms with Crippen LogP contribution in [0.1, 0.15) is 43.4 Å². The Morgan fingerprint density at radius 3 is 2.41 bits per heavy atom. The first kappa shape index (κ1) is 20.8. The molecule has 6 nitrogen and oxygen atoms in total. The van der Waals surface area contributed by atoms with Crippen molar-refractivity contribution in [2.75, 3.05) is 16.8 Å². The number of halogens is 3. The first-order valence-corrected chi connectivity index (χ1v) is 10.6. The zero-order valence-electron chi connectivity index (χ0n) is 17.8. The van der Waals surface area contributed by atoms with E-state index >= 15 is 0 Å². The van der Waals surface area contributed by atoms with Crippen molar-refractivity contribution in [2.45, 2.75) is 56.8 Å². The number of imide groups is 1. The molecule has 32 heavy (non-hydrogen) atoms. The zero-order valence-corrected chi connectivity index (χ0v) is 17.8. The second-order valence-electron chi connectivity index (χ2n) is 9.17. The van der Waals surface area contributed by atoms with Crippen LogP contribution in [0.5, 0.6) is 0 Å². The maximum Gasteiger partial charge on any atom is 0.398 e. The average Bonchev–Trinajstić information content (AvgIpc) is 3.39. The van der Waals surface area contributed by atoms with Crippen LogP contribution in [0.2, 0.25) is 0 Å². The van der Waals surface area contributed by atoms with Gasteiger partial charge in [0.1, 0.15) is 11.4 Å². The summed E-state index contributed by atoms with van der Waals surface area (Å²) in [5.74, 6) is 0.389. The number of fused-ring (bicyclic) bond motifs is 1. The average molecular weight is 444 g/mol. The van der Waals surface area contributed by atoms with Crippen molar-refractivity contribution < 1.29 is 22.8 Å². The largest absolute Gasteiger partial charge is 0.398 e. The quantitative estimate of drug-likeness (QED) is 0.711. The number of hydrogen-bond donors (Lipinski definition) is 1. The summed E-state index contributed by atoms with van der Waals surface area (Å²) in [5, 5.41) is 3.20. The summed E-state index contributed by atoms with van der Waals surface area (Å²) in [5.41, 5.74) is -0.490. The number of anilines is 2. The number of nitrogens with one attached hydrogen (secondary N) is 1. The molecule has 2 aliphatic heterocycles. The molecule has 3 aliphatic rings. The smallest absolute Gasteiger partial charge is 0.370 e. The summed E-state index contributed by atoms with van der Waals surface area (Å²) in [4.78, 5) is 33.4. The van der Waals surface area contributed by atoms with Gasteiger partial charge in [0.15, 0.2) is 0 Å². The van der Waals surface area contributed by atoms with Crippen molar-refractivity contribution in [1.29, 1.82) is 0 Å². The second-order valence-corrected chi connectivity index (χ2v) is 9.17. The Bertz CT molecular complexity index is 1110. The minimum Gasteiger partial charge on any atom is -0.370 e. The lowest BCUT2D eigenvalue weighted by Gasteiger charge is -2.28. The van der Waals surface area contributed by atoms with Crippen LogP contribution in [0, 0.1) is 0 Å². The number of benzene rings is 1. The minimum atomic E-state index is -4.31. The van der Waals surface area contributed by atoms with E-state index < -0.39 is 29.1 Å². The molecule has 1 aliphatic carbocycles. The highest BCUT2D eigenvalue weighted by molar-refractivity contribution is 6.22. The molecular weight excluding hydrogens is 421 g/mol. The van der Waals surface area contributed by atoms with Crippen molar-refractivity contribution in [3.63, 3.8) is 0 Å². The summed E-state index contributed by atoms with van der Waals surface area (Å²) in [7, 11) is 0. The number of rotatable bonds is 4. The highest BCUT2D eigenvalue weighted by Gasteiger charge is 2.64. The monoisotopic (exact) mass is 444 g/mol. The standard InChI is InChI=1S/C23H23F3N4O2/c1-21(2)19(31)30(16-5-3-15(4-6-16)22(9-10-22)23(24,25)26)20(32)29(21)13-14-7-11-27-18-17(14)8-12-28-18/h3-7,11H,8-10,12-13H2,1-2H3,(H,27,28). The van der Waals surface area contributed by atoms with E-state index in [1.807, 2.05) is 6.07 Å². The van der Waals surface area contributed by atoms with Crippen LogP contribution < -0.4 is 10.2 Å². The van der Waals surface area contributed by atoms with Crippen molar-refractivity contribution in [3.05, 3.63) is 53.2 Å². The lowest BCUT2D eigenvalue weighted by molar-refractivity contribution is -0.160. The van der Waals surface area contributed by atoms with E-state index in [9.17, 15) is 22.8 Å². The topological polar surface area (TPSA) is 65.5 Å². The molecule has 3 amide bonds. The number of hydrogen-bond acceptors (Lipinski definition) is 4. The summed E-state index contributed by atoms with van der Waals surface area (Å²) in [6.07, 6.45) is -1.73. The molecule has 1 saturated heterocycles. The summed E-state index contributed by atoms with van der Waals surface area (Å²) in [6, 6.07) is 7.00. The van der Waals surface area contributed by atoms with E-state index in [4.69, 9.17) is 0 Å². The number of carbonyl (C=O) groups is 2. The first-order chi connectivity index (χ1) is 15.1. The molecule has 0 bridgehead atoms. The Labute approximate surface area is 183 Å². The van der Waals surface area contributed by atoms with Crippen molar-refractivity contribution in [1.82, 2.24) is 9.88 Å². The summed E-state index contributed by atoms with van der Waals surface area (Å²) in [6.45, 7) is 4.39. The van der Waals surface area contributed by atoms with Crippen LogP contribution >= 0.6 is 0 Å². The molecule has 1 aromatic carbocycles. The third-order valence-corrected chi connectivity index (χ3v) is 6.94. The van der Waals surface area contributed by atoms with Gasteiger partial charge in [0.2, 0.25) is 0 Å². The molecule has 0 atom stereocenters. The Kier molecular flexibility index (Phi) is 4.35. The number of aromatic nitrogens is 1. The van der Waals surface area contributed by atoms with Crippen LogP contribution in [0.4, 0.5) is 29.5 Å². The molecule has 1 saturated carbocycles. The number of amides is 3. The molecule has 1 aromatic heterocycles. The van der Waals surface area contributed by atoms with Crippen molar-refractivity contribution in [2.24, 2.45) is 0 Å². The Hall–Kier alpha value is -3.10. The second kappa shape index (κ2) is 6.70. The van der Waals surface area contributed by atoms with Gasteiger partial charge < -0.3 is 10.2 Å². The van der Waals surface area contributed by atoms with Crippen LogP contribution in [0.3, 0.4) is 0 Å². The lowest BCUT2D eigenvalue weighted by Crippen LogP contribution is -2.43. The molecule has 0 unspecified atom stereocenters. The van der Waals surface area contributed by atoms with E-state index in [1.165, 1.54) is 29.2 Å². The molecule has 5 rings (SSSR count). The maximum absolute atomic E-state index is 13.4. The molecule has 168 valence electrons. The Morgan fingerprint density at radius 2 is 1.78 bits per heavy atom. The van der Waals surface area contributed by atoms with Gasteiger partial charge in [-0.2, -0.15) is 13.2 Å². The summed E-state index contributed by atoms with van der Waals surface area (Å²) < 4.78 is 40.3. The van der Waals surface area contributed by atoms with Gasteiger partial charge in [0.05, 0.1) is 11.1 Å². The maximum atomic E-state index is 13.4. The SMILES string of the molecule is CC1(C)C(=O)N(c2ccc(C3(C(F)(F)F)CC3)cc2)C(=O)N1Cc1ccnc2c1CCN2. The third-order valence-electron chi connectivity index (χ3n) is 6.94. The fraction of sp³-hybridized carbons (Fsp3) is 0.435. The van der Waals surface area contributed by atoms with E-state index in [-0.39, 0.29) is 30.6 Å². The molecule has 0 radical (unpaired) electrons. The van der Waals surface area contributed by atoms with E-state index in [0.29, 0.717) is 0 Å². The van der Waals surface area contributed by atoms with Crippen molar-refractivity contribution >= 4 is 23.4 Å². The Morgan fingerprint density at radius 1 is 1.09 bits per heavy atom. The highest BCUT2D eigenvalue weighted by atomic mass is 19.4. The molecule has 3 heterocycles.